The molecular weight excluding hydrogens is 467 g/mol. The molecule has 1 saturated heterocycles. The molecule has 2 aromatic heterocycles. The van der Waals surface area contributed by atoms with Crippen LogP contribution in [0.5, 0.6) is 0 Å². The van der Waals surface area contributed by atoms with E-state index in [0.717, 1.165) is 27.0 Å². The third kappa shape index (κ3) is 4.69. The van der Waals surface area contributed by atoms with Gasteiger partial charge in [0.25, 0.3) is 11.8 Å². The number of aromatic nitrogens is 2. The fourth-order valence-corrected chi connectivity index (χ4v) is 5.27. The van der Waals surface area contributed by atoms with Crippen molar-refractivity contribution in [1.82, 2.24) is 14.7 Å². The van der Waals surface area contributed by atoms with Crippen LogP contribution in [-0.4, -0.2) is 52.8 Å². The van der Waals surface area contributed by atoms with E-state index in [1.54, 1.807) is 35.2 Å². The number of anilines is 1. The molecule has 0 bridgehead atoms. The Morgan fingerprint density at radius 2 is 1.86 bits per heavy atom. The number of carbonyl (C=O) groups is 2. The van der Waals surface area contributed by atoms with Gasteiger partial charge in [-0.25, -0.2) is 4.39 Å². The topological polar surface area (TPSA) is 76.5 Å². The second-order valence-corrected chi connectivity index (χ2v) is 9.57. The average molecular weight is 493 g/mol. The van der Waals surface area contributed by atoms with Crippen molar-refractivity contribution in [2.24, 2.45) is 0 Å². The van der Waals surface area contributed by atoms with Gasteiger partial charge in [-0.2, -0.15) is 5.10 Å². The van der Waals surface area contributed by atoms with Gasteiger partial charge in [0.15, 0.2) is 0 Å². The predicted molar refractivity (Wildman–Crippen MR) is 134 cm³/mol. The van der Waals surface area contributed by atoms with Gasteiger partial charge in [0.1, 0.15) is 10.6 Å². The predicted octanol–water partition coefficient (Wildman–Crippen LogP) is 4.63. The van der Waals surface area contributed by atoms with Gasteiger partial charge in [0, 0.05) is 29.7 Å². The molecule has 1 aliphatic rings. The summed E-state index contributed by atoms with van der Waals surface area (Å²) in [6.45, 7) is 6.42. The number of hydrogen-bond donors (Lipinski definition) is 1. The van der Waals surface area contributed by atoms with E-state index in [9.17, 15) is 14.0 Å². The smallest absolute Gasteiger partial charge is 0.265 e. The number of amides is 2. The number of ether oxygens (including phenoxy) is 1. The number of fused-ring (bicyclic) bond motifs is 1. The van der Waals surface area contributed by atoms with E-state index < -0.39 is 0 Å². The highest BCUT2D eigenvalue weighted by Crippen LogP contribution is 2.30. The quantitative estimate of drug-likeness (QED) is 0.441. The summed E-state index contributed by atoms with van der Waals surface area (Å²) in [7, 11) is 0. The Morgan fingerprint density at radius 3 is 2.60 bits per heavy atom. The van der Waals surface area contributed by atoms with E-state index in [0.29, 0.717) is 49.0 Å². The van der Waals surface area contributed by atoms with Gasteiger partial charge in [-0.3, -0.25) is 14.3 Å². The summed E-state index contributed by atoms with van der Waals surface area (Å²) in [6, 6.07) is 13.5. The van der Waals surface area contributed by atoms with Crippen molar-refractivity contribution in [3.63, 3.8) is 0 Å². The van der Waals surface area contributed by atoms with E-state index in [-0.39, 0.29) is 17.6 Å². The van der Waals surface area contributed by atoms with E-state index in [2.05, 4.69) is 10.4 Å². The molecule has 2 aromatic carbocycles. The van der Waals surface area contributed by atoms with Crippen molar-refractivity contribution >= 4 is 39.1 Å². The average Bonchev–Trinajstić information content (AvgIpc) is 3.43. The number of carbonyl (C=O) groups excluding carboxylic acids is 2. The molecule has 2 amide bonds. The molecule has 1 fully saturated rings. The Morgan fingerprint density at radius 1 is 1.11 bits per heavy atom. The molecule has 0 aliphatic carbocycles. The maximum atomic E-state index is 13.3. The van der Waals surface area contributed by atoms with E-state index in [1.165, 1.54) is 23.5 Å². The SMILES string of the molecule is Cc1c(NC(=O)c2cc3c(C)nn(Cc4ccc(F)cc4)c3s2)cccc1C(=O)N1CCOCC1. The van der Waals surface area contributed by atoms with Crippen LogP contribution in [0.1, 0.15) is 36.9 Å². The lowest BCUT2D eigenvalue weighted by atomic mass is 10.0. The molecule has 1 N–H and O–H groups in total. The van der Waals surface area contributed by atoms with E-state index in [1.807, 2.05) is 24.6 Å². The number of halogens is 1. The Labute approximate surface area is 206 Å². The number of aryl methyl sites for hydroxylation is 1. The zero-order valence-corrected chi connectivity index (χ0v) is 20.3. The number of hydrogen-bond acceptors (Lipinski definition) is 5. The summed E-state index contributed by atoms with van der Waals surface area (Å²) in [5.74, 6) is -0.574. The lowest BCUT2D eigenvalue weighted by molar-refractivity contribution is 0.0302. The molecule has 180 valence electrons. The molecule has 5 rings (SSSR count). The highest BCUT2D eigenvalue weighted by atomic mass is 32.1. The van der Waals surface area contributed by atoms with Crippen LogP contribution in [0, 0.1) is 19.7 Å². The minimum Gasteiger partial charge on any atom is -0.378 e. The summed E-state index contributed by atoms with van der Waals surface area (Å²) in [5, 5.41) is 8.48. The maximum absolute atomic E-state index is 13.3. The normalized spacial score (nSPS) is 13.9. The fraction of sp³-hybridized carbons (Fsp3) is 0.269. The van der Waals surface area contributed by atoms with Crippen LogP contribution in [0.3, 0.4) is 0 Å². The monoisotopic (exact) mass is 492 g/mol. The molecule has 7 nitrogen and oxygen atoms in total. The Kier molecular flexibility index (Phi) is 6.36. The van der Waals surface area contributed by atoms with Crippen molar-refractivity contribution in [3.8, 4) is 0 Å². The molecule has 35 heavy (non-hydrogen) atoms. The van der Waals surface area contributed by atoms with E-state index in [4.69, 9.17) is 4.74 Å². The zero-order valence-electron chi connectivity index (χ0n) is 19.5. The van der Waals surface area contributed by atoms with Crippen molar-refractivity contribution < 1.29 is 18.7 Å². The molecule has 0 radical (unpaired) electrons. The molecule has 0 saturated carbocycles. The molecule has 4 aromatic rings. The van der Waals surface area contributed by atoms with Gasteiger partial charge in [-0.05, 0) is 55.3 Å². The van der Waals surface area contributed by atoms with Gasteiger partial charge in [-0.1, -0.05) is 18.2 Å². The van der Waals surface area contributed by atoms with Gasteiger partial charge < -0.3 is 15.0 Å². The third-order valence-electron chi connectivity index (χ3n) is 6.19. The first-order valence-electron chi connectivity index (χ1n) is 11.4. The first kappa shape index (κ1) is 23.2. The summed E-state index contributed by atoms with van der Waals surface area (Å²) >= 11 is 1.36. The molecular formula is C26H25FN4O3S. The molecule has 3 heterocycles. The van der Waals surface area contributed by atoms with Crippen molar-refractivity contribution in [1.29, 1.82) is 0 Å². The molecule has 0 spiro atoms. The summed E-state index contributed by atoms with van der Waals surface area (Å²) in [5.41, 5.74) is 3.67. The van der Waals surface area contributed by atoms with Crippen LogP contribution < -0.4 is 5.32 Å². The number of nitrogens with one attached hydrogen (secondary N) is 1. The number of benzene rings is 2. The number of thiophene rings is 1. The minimum atomic E-state index is -0.281. The van der Waals surface area contributed by atoms with Gasteiger partial charge in [0.2, 0.25) is 0 Å². The minimum absolute atomic E-state index is 0.0553. The summed E-state index contributed by atoms with van der Waals surface area (Å²) < 4.78 is 20.4. The van der Waals surface area contributed by atoms with Crippen LogP contribution in [-0.2, 0) is 11.3 Å². The lowest BCUT2D eigenvalue weighted by Crippen LogP contribution is -2.41. The van der Waals surface area contributed by atoms with Crippen LogP contribution in [0.15, 0.2) is 48.5 Å². The van der Waals surface area contributed by atoms with Crippen LogP contribution >= 0.6 is 11.3 Å². The molecule has 0 unspecified atom stereocenters. The van der Waals surface area contributed by atoms with Crippen LogP contribution in [0.2, 0.25) is 0 Å². The second-order valence-electron chi connectivity index (χ2n) is 8.54. The number of rotatable bonds is 5. The van der Waals surface area contributed by atoms with Crippen molar-refractivity contribution in [2.45, 2.75) is 20.4 Å². The molecule has 1 aliphatic heterocycles. The van der Waals surface area contributed by atoms with Crippen molar-refractivity contribution in [3.05, 3.63) is 81.6 Å². The van der Waals surface area contributed by atoms with Gasteiger partial charge >= 0.3 is 0 Å². The molecule has 9 heteroatoms. The number of nitrogens with zero attached hydrogens (tertiary/aromatic N) is 3. The maximum Gasteiger partial charge on any atom is 0.265 e. The van der Waals surface area contributed by atoms with Gasteiger partial charge in [0.05, 0.1) is 30.3 Å². The van der Waals surface area contributed by atoms with Crippen LogP contribution in [0.4, 0.5) is 10.1 Å². The summed E-state index contributed by atoms with van der Waals surface area (Å²) in [4.78, 5) is 29.3. The van der Waals surface area contributed by atoms with Gasteiger partial charge in [-0.15, -0.1) is 11.3 Å². The Balaban J connectivity index is 1.37. The largest absolute Gasteiger partial charge is 0.378 e. The first-order valence-corrected chi connectivity index (χ1v) is 12.2. The Hall–Kier alpha value is -3.56. The highest BCUT2D eigenvalue weighted by molar-refractivity contribution is 7.20. The standard InChI is InChI=1S/C26H25FN4O3S/c1-16-20(25(33)30-10-12-34-13-11-30)4-3-5-22(16)28-24(32)23-14-21-17(2)29-31(26(21)35-23)15-18-6-8-19(27)9-7-18/h3-9,14H,10-13,15H2,1-2H3,(H,28,32). The number of morpholine rings is 1. The van der Waals surface area contributed by atoms with E-state index >= 15 is 0 Å². The summed E-state index contributed by atoms with van der Waals surface area (Å²) in [6.07, 6.45) is 0. The lowest BCUT2D eigenvalue weighted by Gasteiger charge is -2.27. The fourth-order valence-electron chi connectivity index (χ4n) is 4.22. The third-order valence-corrected chi connectivity index (χ3v) is 7.33. The second kappa shape index (κ2) is 9.59. The highest BCUT2D eigenvalue weighted by Gasteiger charge is 2.22. The first-order chi connectivity index (χ1) is 16.9. The van der Waals surface area contributed by atoms with Crippen LogP contribution in [0.25, 0.3) is 10.2 Å². The van der Waals surface area contributed by atoms with Crippen molar-refractivity contribution in [2.75, 3.05) is 31.6 Å². The molecule has 0 atom stereocenters. The zero-order chi connectivity index (χ0) is 24.5. The Bertz CT molecular complexity index is 1400.